The molecule has 8 heteroatoms. The Balaban J connectivity index is 2.53. The number of anilines is 1. The number of benzene rings is 1. The Morgan fingerprint density at radius 3 is 2.79 bits per heavy atom. The second-order valence-electron chi connectivity index (χ2n) is 4.64. The Kier molecular flexibility index (Phi) is 8.16. The molecule has 0 atom stereocenters. The van der Waals surface area contributed by atoms with E-state index in [0.29, 0.717) is 30.4 Å². The fraction of sp³-hybridized carbons (Fsp3) is 0.312. The highest BCUT2D eigenvalue weighted by molar-refractivity contribution is 6.31. The van der Waals surface area contributed by atoms with Gasteiger partial charge in [-0.15, -0.1) is 0 Å². The Labute approximate surface area is 145 Å². The summed E-state index contributed by atoms with van der Waals surface area (Å²) in [6.45, 7) is 4.41. The number of ether oxygens (including phenoxy) is 1. The Morgan fingerprint density at radius 1 is 1.38 bits per heavy atom. The topological polar surface area (TPSA) is 103 Å². The van der Waals surface area contributed by atoms with E-state index < -0.39 is 12.0 Å². The van der Waals surface area contributed by atoms with Crippen molar-refractivity contribution in [3.8, 4) is 6.07 Å². The van der Waals surface area contributed by atoms with Gasteiger partial charge in [0.2, 0.25) is 0 Å². The number of carbonyl (C=O) groups is 2. The number of alkyl carbamates (subject to hydrolysis) is 1. The third-order valence-corrected chi connectivity index (χ3v) is 3.35. The van der Waals surface area contributed by atoms with Crippen LogP contribution in [0.4, 0.5) is 10.5 Å². The minimum absolute atomic E-state index is 0.0921. The van der Waals surface area contributed by atoms with Gasteiger partial charge in [-0.2, -0.15) is 5.26 Å². The van der Waals surface area contributed by atoms with Gasteiger partial charge in [-0.05, 0) is 31.5 Å². The maximum Gasteiger partial charge on any atom is 0.407 e. The standard InChI is InChI=1S/C16H19ClN4O3/c1-3-24-16(23)20-8-7-19-10-12(9-18)15(22)21-14-6-4-5-13(17)11(14)2/h4-6,10,19H,3,7-8H2,1-2H3,(H,20,23)(H,21,22)/b12-10-. The zero-order valence-corrected chi connectivity index (χ0v) is 14.2. The molecule has 7 nitrogen and oxygen atoms in total. The molecule has 0 saturated heterocycles. The lowest BCUT2D eigenvalue weighted by Gasteiger charge is -2.09. The first-order valence-corrected chi connectivity index (χ1v) is 7.68. The van der Waals surface area contributed by atoms with Crippen LogP contribution in [0.1, 0.15) is 12.5 Å². The lowest BCUT2D eigenvalue weighted by Crippen LogP contribution is -2.31. The highest BCUT2D eigenvalue weighted by atomic mass is 35.5. The van der Waals surface area contributed by atoms with Crippen LogP contribution in [0.15, 0.2) is 30.0 Å². The van der Waals surface area contributed by atoms with Crippen LogP contribution in [0.2, 0.25) is 5.02 Å². The molecule has 1 aromatic rings. The van der Waals surface area contributed by atoms with Crippen molar-refractivity contribution in [1.82, 2.24) is 10.6 Å². The van der Waals surface area contributed by atoms with Crippen LogP contribution < -0.4 is 16.0 Å². The van der Waals surface area contributed by atoms with Gasteiger partial charge in [0.1, 0.15) is 11.6 Å². The molecule has 2 amide bonds. The molecular formula is C16H19ClN4O3. The first-order valence-electron chi connectivity index (χ1n) is 7.30. The Hall–Kier alpha value is -2.72. The number of carbonyl (C=O) groups excluding carboxylic acids is 2. The van der Waals surface area contributed by atoms with Gasteiger partial charge in [0.05, 0.1) is 6.61 Å². The molecule has 0 radical (unpaired) electrons. The van der Waals surface area contributed by atoms with Gasteiger partial charge in [0.15, 0.2) is 0 Å². The molecular weight excluding hydrogens is 332 g/mol. The summed E-state index contributed by atoms with van der Waals surface area (Å²) in [5, 5.41) is 17.5. The molecule has 1 rings (SSSR count). The monoisotopic (exact) mass is 350 g/mol. The van der Waals surface area contributed by atoms with Crippen LogP contribution in [0.5, 0.6) is 0 Å². The fourth-order valence-electron chi connectivity index (χ4n) is 1.67. The van der Waals surface area contributed by atoms with Crippen molar-refractivity contribution in [3.05, 3.63) is 40.6 Å². The minimum atomic E-state index is -0.547. The van der Waals surface area contributed by atoms with E-state index in [1.807, 2.05) is 6.07 Å². The molecule has 3 N–H and O–H groups in total. The van der Waals surface area contributed by atoms with Gasteiger partial charge in [0, 0.05) is 30.0 Å². The second kappa shape index (κ2) is 10.1. The molecule has 0 aliphatic carbocycles. The molecule has 0 bridgehead atoms. The van der Waals surface area contributed by atoms with Crippen molar-refractivity contribution in [1.29, 1.82) is 5.26 Å². The Morgan fingerprint density at radius 2 is 2.12 bits per heavy atom. The number of rotatable bonds is 7. The number of halogens is 1. The molecule has 24 heavy (non-hydrogen) atoms. The summed E-state index contributed by atoms with van der Waals surface area (Å²) in [6, 6.07) is 6.94. The normalized spacial score (nSPS) is 10.5. The van der Waals surface area contributed by atoms with Crippen LogP contribution >= 0.6 is 11.6 Å². The number of amides is 2. The number of nitrogens with one attached hydrogen (secondary N) is 3. The maximum absolute atomic E-state index is 12.1. The first-order chi connectivity index (χ1) is 11.5. The van der Waals surface area contributed by atoms with E-state index in [9.17, 15) is 9.59 Å². The van der Waals surface area contributed by atoms with Crippen LogP contribution in [-0.4, -0.2) is 31.7 Å². The second-order valence-corrected chi connectivity index (χ2v) is 5.04. The highest BCUT2D eigenvalue weighted by Crippen LogP contribution is 2.23. The molecule has 0 saturated carbocycles. The third kappa shape index (κ3) is 6.18. The Bertz CT molecular complexity index is 668. The number of hydrogen-bond acceptors (Lipinski definition) is 5. The predicted octanol–water partition coefficient (Wildman–Crippen LogP) is 2.33. The molecule has 0 aromatic heterocycles. The van der Waals surface area contributed by atoms with Crippen LogP contribution in [0.3, 0.4) is 0 Å². The molecule has 0 unspecified atom stereocenters. The van der Waals surface area contributed by atoms with Crippen molar-refractivity contribution in [3.63, 3.8) is 0 Å². The number of hydrogen-bond donors (Lipinski definition) is 3. The quantitative estimate of drug-likeness (QED) is 0.398. The van der Waals surface area contributed by atoms with Crippen LogP contribution in [-0.2, 0) is 9.53 Å². The predicted molar refractivity (Wildman–Crippen MR) is 91.5 cm³/mol. The summed E-state index contributed by atoms with van der Waals surface area (Å²) in [7, 11) is 0. The van der Waals surface area contributed by atoms with Gasteiger partial charge in [-0.1, -0.05) is 17.7 Å². The summed E-state index contributed by atoms with van der Waals surface area (Å²) < 4.78 is 4.70. The summed E-state index contributed by atoms with van der Waals surface area (Å²) in [6.07, 6.45) is 0.778. The largest absolute Gasteiger partial charge is 0.450 e. The SMILES string of the molecule is CCOC(=O)NCCN/C=C(/C#N)C(=O)Nc1cccc(Cl)c1C. The van der Waals surface area contributed by atoms with E-state index in [1.165, 1.54) is 6.20 Å². The molecule has 1 aromatic carbocycles. The molecule has 0 aliphatic rings. The van der Waals surface area contributed by atoms with E-state index in [1.54, 1.807) is 32.0 Å². The molecule has 128 valence electrons. The number of nitrogens with zero attached hydrogens (tertiary/aromatic N) is 1. The lowest BCUT2D eigenvalue weighted by atomic mass is 10.2. The molecule has 0 aliphatic heterocycles. The van der Waals surface area contributed by atoms with Crippen molar-refractivity contribution in [2.24, 2.45) is 0 Å². The summed E-state index contributed by atoms with van der Waals surface area (Å²) in [5.74, 6) is -0.547. The van der Waals surface area contributed by atoms with Crippen molar-refractivity contribution in [2.75, 3.05) is 25.0 Å². The van der Waals surface area contributed by atoms with Gasteiger partial charge in [-0.25, -0.2) is 4.79 Å². The fourth-order valence-corrected chi connectivity index (χ4v) is 1.85. The van der Waals surface area contributed by atoms with Crippen molar-refractivity contribution < 1.29 is 14.3 Å². The number of nitriles is 1. The van der Waals surface area contributed by atoms with Crippen LogP contribution in [0, 0.1) is 18.3 Å². The van der Waals surface area contributed by atoms with Gasteiger partial charge >= 0.3 is 6.09 Å². The van der Waals surface area contributed by atoms with E-state index in [2.05, 4.69) is 16.0 Å². The summed E-state index contributed by atoms with van der Waals surface area (Å²) >= 11 is 5.99. The molecule has 0 fully saturated rings. The lowest BCUT2D eigenvalue weighted by molar-refractivity contribution is -0.112. The smallest absolute Gasteiger partial charge is 0.407 e. The van der Waals surface area contributed by atoms with E-state index in [0.717, 1.165) is 5.56 Å². The zero-order chi connectivity index (χ0) is 17.9. The third-order valence-electron chi connectivity index (χ3n) is 2.94. The summed E-state index contributed by atoms with van der Waals surface area (Å²) in [4.78, 5) is 23.2. The molecule has 0 heterocycles. The molecule has 0 spiro atoms. The van der Waals surface area contributed by atoms with Crippen molar-refractivity contribution >= 4 is 29.3 Å². The van der Waals surface area contributed by atoms with Gasteiger partial charge in [-0.3, -0.25) is 4.79 Å². The van der Waals surface area contributed by atoms with Gasteiger partial charge in [0.25, 0.3) is 5.91 Å². The highest BCUT2D eigenvalue weighted by Gasteiger charge is 2.11. The summed E-state index contributed by atoms with van der Waals surface area (Å²) in [5.41, 5.74) is 1.17. The van der Waals surface area contributed by atoms with E-state index >= 15 is 0 Å². The maximum atomic E-state index is 12.1. The van der Waals surface area contributed by atoms with Crippen molar-refractivity contribution in [2.45, 2.75) is 13.8 Å². The van der Waals surface area contributed by atoms with Gasteiger partial charge < -0.3 is 20.7 Å². The van der Waals surface area contributed by atoms with E-state index in [4.69, 9.17) is 21.6 Å². The zero-order valence-electron chi connectivity index (χ0n) is 13.5. The van der Waals surface area contributed by atoms with Crippen LogP contribution in [0.25, 0.3) is 0 Å². The first kappa shape index (κ1) is 19.3. The average Bonchev–Trinajstić information content (AvgIpc) is 2.55. The minimum Gasteiger partial charge on any atom is -0.450 e. The van der Waals surface area contributed by atoms with E-state index in [-0.39, 0.29) is 5.57 Å². The average molecular weight is 351 g/mol.